The van der Waals surface area contributed by atoms with Crippen LogP contribution in [-0.2, 0) is 0 Å². The summed E-state index contributed by atoms with van der Waals surface area (Å²) >= 11 is 1.85. The van der Waals surface area contributed by atoms with Gasteiger partial charge in [-0.3, -0.25) is 0 Å². The van der Waals surface area contributed by atoms with E-state index in [0.29, 0.717) is 18.6 Å². The van der Waals surface area contributed by atoms with Gasteiger partial charge in [-0.1, -0.05) is 20.8 Å². The zero-order valence-corrected chi connectivity index (χ0v) is 13.5. The molecule has 0 saturated carbocycles. The van der Waals surface area contributed by atoms with Crippen molar-refractivity contribution < 1.29 is 9.47 Å². The molecule has 0 atom stereocenters. The van der Waals surface area contributed by atoms with Gasteiger partial charge in [0.05, 0.1) is 0 Å². The molecule has 0 radical (unpaired) electrons. The summed E-state index contributed by atoms with van der Waals surface area (Å²) in [5.74, 6) is 2.81. The van der Waals surface area contributed by atoms with Crippen LogP contribution in [0.25, 0.3) is 0 Å². The van der Waals surface area contributed by atoms with E-state index in [1.165, 1.54) is 11.3 Å². The largest absolute Gasteiger partial charge is 0.486 e. The van der Waals surface area contributed by atoms with Crippen molar-refractivity contribution in [3.8, 4) is 11.5 Å². The van der Waals surface area contributed by atoms with Crippen molar-refractivity contribution in [1.29, 1.82) is 0 Å². The minimum Gasteiger partial charge on any atom is -0.486 e. The van der Waals surface area contributed by atoms with Gasteiger partial charge in [-0.2, -0.15) is 0 Å². The van der Waals surface area contributed by atoms with Crippen molar-refractivity contribution in [2.75, 3.05) is 32.1 Å². The summed E-state index contributed by atoms with van der Waals surface area (Å²) in [6.07, 6.45) is 1.21. The van der Waals surface area contributed by atoms with Gasteiger partial charge in [0.2, 0.25) is 0 Å². The van der Waals surface area contributed by atoms with Crippen molar-refractivity contribution in [1.82, 2.24) is 5.32 Å². The molecule has 0 fully saturated rings. The second kappa shape index (κ2) is 7.23. The van der Waals surface area contributed by atoms with Gasteiger partial charge >= 0.3 is 0 Å². The molecule has 0 bridgehead atoms. The van der Waals surface area contributed by atoms with E-state index in [-0.39, 0.29) is 0 Å². The highest BCUT2D eigenvalue weighted by atomic mass is 32.2. The average Bonchev–Trinajstić information content (AvgIpc) is 2.41. The van der Waals surface area contributed by atoms with Crippen LogP contribution in [0.5, 0.6) is 11.5 Å². The van der Waals surface area contributed by atoms with Crippen LogP contribution in [-0.4, -0.2) is 32.1 Å². The molecule has 0 amide bonds. The van der Waals surface area contributed by atoms with Crippen LogP contribution in [0.1, 0.15) is 27.2 Å². The van der Waals surface area contributed by atoms with Gasteiger partial charge in [-0.15, -0.1) is 11.8 Å². The fourth-order valence-electron chi connectivity index (χ4n) is 1.94. The van der Waals surface area contributed by atoms with Gasteiger partial charge in [0.15, 0.2) is 11.5 Å². The molecular formula is C16H25NO2S. The molecule has 0 aromatic heterocycles. The fourth-order valence-corrected chi connectivity index (χ4v) is 2.78. The first kappa shape index (κ1) is 15.5. The molecule has 1 N–H and O–H groups in total. The molecule has 2 rings (SSSR count). The molecule has 1 aliphatic heterocycles. The Kier molecular flexibility index (Phi) is 5.61. The molecule has 3 nitrogen and oxygen atoms in total. The van der Waals surface area contributed by atoms with Crippen LogP contribution in [0.15, 0.2) is 23.1 Å². The fraction of sp³-hybridized carbons (Fsp3) is 0.625. The zero-order valence-electron chi connectivity index (χ0n) is 12.7. The Morgan fingerprint density at radius 2 is 1.85 bits per heavy atom. The summed E-state index contributed by atoms with van der Waals surface area (Å²) in [6, 6.07) is 6.19. The molecule has 20 heavy (non-hydrogen) atoms. The van der Waals surface area contributed by atoms with Crippen LogP contribution in [0.2, 0.25) is 0 Å². The third kappa shape index (κ3) is 5.25. The van der Waals surface area contributed by atoms with E-state index in [1.807, 2.05) is 17.8 Å². The highest BCUT2D eigenvalue weighted by Crippen LogP contribution is 2.33. The van der Waals surface area contributed by atoms with Crippen LogP contribution < -0.4 is 14.8 Å². The minimum atomic E-state index is 0.413. The van der Waals surface area contributed by atoms with Crippen LogP contribution in [0.3, 0.4) is 0 Å². The quantitative estimate of drug-likeness (QED) is 0.642. The summed E-state index contributed by atoms with van der Waals surface area (Å²) in [5.41, 5.74) is 0.413. The Morgan fingerprint density at radius 3 is 2.60 bits per heavy atom. The average molecular weight is 295 g/mol. The summed E-state index contributed by atoms with van der Waals surface area (Å²) in [7, 11) is 0. The molecule has 1 aromatic rings. The molecule has 1 aromatic carbocycles. The molecule has 0 unspecified atom stereocenters. The lowest BCUT2D eigenvalue weighted by molar-refractivity contribution is 0.171. The number of fused-ring (bicyclic) bond motifs is 1. The van der Waals surface area contributed by atoms with Crippen molar-refractivity contribution in [2.45, 2.75) is 32.1 Å². The first-order valence-corrected chi connectivity index (χ1v) is 8.26. The van der Waals surface area contributed by atoms with Crippen molar-refractivity contribution >= 4 is 11.8 Å². The Hall–Kier alpha value is -0.870. The summed E-state index contributed by atoms with van der Waals surface area (Å²) in [5, 5.41) is 3.50. The maximum atomic E-state index is 5.59. The molecule has 4 heteroatoms. The van der Waals surface area contributed by atoms with Gasteiger partial charge < -0.3 is 14.8 Å². The van der Waals surface area contributed by atoms with Gasteiger partial charge in [0, 0.05) is 17.2 Å². The summed E-state index contributed by atoms with van der Waals surface area (Å²) in [6.45, 7) is 10.3. The molecule has 0 aliphatic carbocycles. The topological polar surface area (TPSA) is 30.5 Å². The second-order valence-corrected chi connectivity index (χ2v) is 7.38. The molecule has 112 valence electrons. The Labute approximate surface area is 126 Å². The number of benzene rings is 1. The van der Waals surface area contributed by atoms with Crippen molar-refractivity contribution in [3.63, 3.8) is 0 Å². The van der Waals surface area contributed by atoms with Crippen LogP contribution in [0.4, 0.5) is 0 Å². The monoisotopic (exact) mass is 295 g/mol. The van der Waals surface area contributed by atoms with E-state index in [9.17, 15) is 0 Å². The van der Waals surface area contributed by atoms with Gasteiger partial charge in [-0.25, -0.2) is 0 Å². The summed E-state index contributed by atoms with van der Waals surface area (Å²) < 4.78 is 11.1. The van der Waals surface area contributed by atoms with Gasteiger partial charge in [0.25, 0.3) is 0 Å². The predicted molar refractivity (Wildman–Crippen MR) is 85.1 cm³/mol. The van der Waals surface area contributed by atoms with E-state index in [1.54, 1.807) is 0 Å². The lowest BCUT2D eigenvalue weighted by Gasteiger charge is -2.19. The lowest BCUT2D eigenvalue weighted by Crippen LogP contribution is -2.22. The molecular weight excluding hydrogens is 270 g/mol. The highest BCUT2D eigenvalue weighted by Gasteiger charge is 2.12. The zero-order chi connectivity index (χ0) is 14.4. The van der Waals surface area contributed by atoms with Crippen molar-refractivity contribution in [3.05, 3.63) is 18.2 Å². The van der Waals surface area contributed by atoms with Crippen LogP contribution >= 0.6 is 11.8 Å². The standard InChI is InChI=1S/C16H25NO2S/c1-16(2,3)6-7-17-8-11-20-13-4-5-14-15(12-13)19-10-9-18-14/h4-5,12,17H,6-11H2,1-3H3. The van der Waals surface area contributed by atoms with Crippen molar-refractivity contribution in [2.24, 2.45) is 5.41 Å². The molecule has 1 aliphatic rings. The number of rotatable bonds is 6. The van der Waals surface area contributed by atoms with Gasteiger partial charge in [0.1, 0.15) is 13.2 Å². The SMILES string of the molecule is CC(C)(C)CCNCCSc1ccc2c(c1)OCCO2. The number of hydrogen-bond donors (Lipinski definition) is 1. The first-order chi connectivity index (χ1) is 9.54. The highest BCUT2D eigenvalue weighted by molar-refractivity contribution is 7.99. The summed E-state index contributed by atoms with van der Waals surface area (Å²) in [4.78, 5) is 1.24. The van der Waals surface area contributed by atoms with E-state index in [0.717, 1.165) is 30.3 Å². The van der Waals surface area contributed by atoms with E-state index in [4.69, 9.17) is 9.47 Å². The minimum absolute atomic E-state index is 0.413. The first-order valence-electron chi connectivity index (χ1n) is 7.28. The Bertz CT molecular complexity index is 429. The van der Waals surface area contributed by atoms with E-state index in [2.05, 4.69) is 38.2 Å². The third-order valence-corrected chi connectivity index (χ3v) is 4.11. The third-order valence-electron chi connectivity index (χ3n) is 3.11. The number of thioether (sulfide) groups is 1. The van der Waals surface area contributed by atoms with E-state index < -0.39 is 0 Å². The predicted octanol–water partition coefficient (Wildman–Crippen LogP) is 3.58. The lowest BCUT2D eigenvalue weighted by atomic mass is 9.92. The van der Waals surface area contributed by atoms with Gasteiger partial charge in [-0.05, 0) is 36.6 Å². The number of ether oxygens (including phenoxy) is 2. The smallest absolute Gasteiger partial charge is 0.162 e. The Morgan fingerprint density at radius 1 is 1.10 bits per heavy atom. The number of nitrogens with one attached hydrogen (secondary N) is 1. The van der Waals surface area contributed by atoms with E-state index >= 15 is 0 Å². The molecule has 0 saturated heterocycles. The second-order valence-electron chi connectivity index (χ2n) is 6.21. The molecule has 0 spiro atoms. The maximum Gasteiger partial charge on any atom is 0.162 e. The number of hydrogen-bond acceptors (Lipinski definition) is 4. The Balaban J connectivity index is 1.67. The normalized spacial score (nSPS) is 14.3. The molecule has 1 heterocycles. The maximum absolute atomic E-state index is 5.59. The van der Waals surface area contributed by atoms with Crippen LogP contribution in [0, 0.1) is 5.41 Å².